The van der Waals surface area contributed by atoms with Crippen LogP contribution in [0.2, 0.25) is 0 Å². The molecule has 5 rings (SSSR count). The summed E-state index contributed by atoms with van der Waals surface area (Å²) in [4.78, 5) is 67.2. The minimum absolute atomic E-state index is 0.0145. The number of carbonyl (C=O) groups excluding carboxylic acids is 5. The number of alkyl carbamates (subject to hydrolysis) is 1. The van der Waals surface area contributed by atoms with Crippen molar-refractivity contribution >= 4 is 45.0 Å². The number of nitrogens with one attached hydrogen (secondary N) is 3. The van der Waals surface area contributed by atoms with Crippen molar-refractivity contribution in [2.24, 2.45) is 0 Å². The van der Waals surface area contributed by atoms with Crippen LogP contribution in [0.3, 0.4) is 0 Å². The highest BCUT2D eigenvalue weighted by Crippen LogP contribution is 2.44. The zero-order valence-corrected chi connectivity index (χ0v) is 31.3. The van der Waals surface area contributed by atoms with Gasteiger partial charge in [-0.25, -0.2) is 4.79 Å². The smallest absolute Gasteiger partial charge is 0.407 e. The minimum atomic E-state index is -1.44. The van der Waals surface area contributed by atoms with Crippen molar-refractivity contribution < 1.29 is 33.4 Å². The van der Waals surface area contributed by atoms with Crippen molar-refractivity contribution in [3.05, 3.63) is 95.6 Å². The molecule has 1 aliphatic heterocycles. The van der Waals surface area contributed by atoms with Gasteiger partial charge in [0.25, 0.3) is 0 Å². The van der Waals surface area contributed by atoms with Crippen molar-refractivity contribution in [3.8, 4) is 17.2 Å². The number of carbonyl (C=O) groups is 5. The highest BCUT2D eigenvalue weighted by molar-refractivity contribution is 8.17. The number of rotatable bonds is 13. The van der Waals surface area contributed by atoms with Crippen LogP contribution in [0, 0.1) is 11.3 Å². The molecule has 12 heteroatoms. The van der Waals surface area contributed by atoms with Gasteiger partial charge in [-0.1, -0.05) is 78.9 Å². The minimum Gasteiger partial charge on any atom is -0.460 e. The van der Waals surface area contributed by atoms with Gasteiger partial charge in [0.1, 0.15) is 35.2 Å². The summed E-state index contributed by atoms with van der Waals surface area (Å²) < 4.78 is 11.1. The second kappa shape index (κ2) is 17.5. The van der Waals surface area contributed by atoms with Crippen LogP contribution in [0.5, 0.6) is 0 Å². The van der Waals surface area contributed by atoms with Gasteiger partial charge < -0.3 is 25.4 Å². The van der Waals surface area contributed by atoms with Crippen molar-refractivity contribution in [1.29, 1.82) is 5.26 Å². The van der Waals surface area contributed by atoms with Gasteiger partial charge in [0.05, 0.1) is 12.5 Å². The molecule has 3 aromatic carbocycles. The summed E-state index contributed by atoms with van der Waals surface area (Å²) in [5.74, 6) is -1.37. The molecule has 3 aromatic rings. The van der Waals surface area contributed by atoms with E-state index in [4.69, 9.17) is 9.47 Å². The Hall–Kier alpha value is -5.28. The quantitative estimate of drug-likeness (QED) is 0.160. The fraction of sp³-hybridized carbons (Fsp3) is 0.390. The first-order valence-electron chi connectivity index (χ1n) is 17.8. The predicted molar refractivity (Wildman–Crippen MR) is 204 cm³/mol. The van der Waals surface area contributed by atoms with Gasteiger partial charge in [0.2, 0.25) is 17.6 Å². The molecular formula is C41H46N4O7S. The lowest BCUT2D eigenvalue weighted by Crippen LogP contribution is -2.56. The largest absolute Gasteiger partial charge is 0.460 e. The molecule has 11 nitrogen and oxygen atoms in total. The number of ether oxygens (including phenoxy) is 2. The van der Waals surface area contributed by atoms with E-state index >= 15 is 0 Å². The molecule has 1 saturated heterocycles. The first-order chi connectivity index (χ1) is 25.3. The molecule has 3 atom stereocenters. The van der Waals surface area contributed by atoms with E-state index in [0.29, 0.717) is 0 Å². The van der Waals surface area contributed by atoms with Gasteiger partial charge in [-0.05, 0) is 79.9 Å². The van der Waals surface area contributed by atoms with E-state index in [1.165, 1.54) is 6.92 Å². The molecule has 1 heterocycles. The predicted octanol–water partition coefficient (Wildman–Crippen LogP) is 5.19. The van der Waals surface area contributed by atoms with Gasteiger partial charge in [-0.2, -0.15) is 15.7 Å². The lowest BCUT2D eigenvalue weighted by molar-refractivity contribution is -0.156. The maximum absolute atomic E-state index is 13.7. The Morgan fingerprint density at radius 3 is 1.98 bits per heavy atom. The van der Waals surface area contributed by atoms with Crippen molar-refractivity contribution in [2.45, 2.75) is 83.0 Å². The fourth-order valence-corrected chi connectivity index (χ4v) is 8.83. The monoisotopic (exact) mass is 738 g/mol. The fourth-order valence-electron chi connectivity index (χ4n) is 6.56. The Morgan fingerprint density at radius 1 is 0.811 bits per heavy atom. The zero-order chi connectivity index (χ0) is 38.1. The summed E-state index contributed by atoms with van der Waals surface area (Å²) in [6.45, 7) is 6.46. The molecule has 1 aliphatic carbocycles. The molecule has 0 saturated carbocycles. The standard InChI is InChI=1S/C41H46N4O7S/c1-26(38(48)44-33(22-27-14-6-5-7-15-27)37(47)35(24-42)53-20-12-13-21-53)43-39(49)34(23-36(46)52-41(2,3)4)45-40(50)51-25-32-30-18-10-8-16-28(30)29-17-9-11-19-31(29)32/h5-11,14-19,26,32-34H,12-13,20-23,25H2,1-4H3,(H,43,49)(H,44,48)(H,45,50)/t26-,33-,34-/m0/s1. The second-order valence-corrected chi connectivity index (χ2v) is 16.4. The van der Waals surface area contributed by atoms with E-state index in [1.54, 1.807) is 20.8 Å². The highest BCUT2D eigenvalue weighted by Gasteiger charge is 2.34. The third-order valence-corrected chi connectivity index (χ3v) is 11.5. The van der Waals surface area contributed by atoms with Crippen LogP contribution < -0.4 is 16.0 Å². The number of fused-ring (bicyclic) bond motifs is 3. The topological polar surface area (TPSA) is 164 Å². The third kappa shape index (κ3) is 10.2. The Bertz CT molecular complexity index is 1880. The van der Waals surface area contributed by atoms with E-state index in [-0.39, 0.29) is 23.8 Å². The SMILES string of the molecule is C[C@H](NC(=O)[C@H](CC(=O)OC(C)(C)C)NC(=O)OCC1c2ccccc2-c2ccccc21)C(=O)N[C@@H](Cc1ccccc1)C(=O)C(C#N)=S1CCCC1. The molecule has 0 bridgehead atoms. The van der Waals surface area contributed by atoms with Crippen LogP contribution in [-0.4, -0.2) is 76.4 Å². The van der Waals surface area contributed by atoms with Gasteiger partial charge in [-0.3, -0.25) is 19.2 Å². The van der Waals surface area contributed by atoms with E-state index in [9.17, 15) is 29.2 Å². The van der Waals surface area contributed by atoms with Crippen LogP contribution in [0.25, 0.3) is 11.1 Å². The highest BCUT2D eigenvalue weighted by atomic mass is 32.2. The molecule has 278 valence electrons. The number of hydrogen-bond donors (Lipinski definition) is 3. The van der Waals surface area contributed by atoms with Crippen molar-refractivity contribution in [3.63, 3.8) is 0 Å². The molecule has 3 N–H and O–H groups in total. The number of nitrogens with zero attached hydrogens (tertiary/aromatic N) is 1. The average Bonchev–Trinajstić information content (AvgIpc) is 3.77. The van der Waals surface area contributed by atoms with Crippen LogP contribution in [0.1, 0.15) is 69.6 Å². The van der Waals surface area contributed by atoms with Gasteiger partial charge in [0, 0.05) is 12.3 Å². The van der Waals surface area contributed by atoms with Crippen molar-refractivity contribution in [1.82, 2.24) is 16.0 Å². The zero-order valence-electron chi connectivity index (χ0n) is 30.5. The first-order valence-corrected chi connectivity index (χ1v) is 19.4. The van der Waals surface area contributed by atoms with Crippen LogP contribution in [0.4, 0.5) is 4.79 Å². The normalized spacial score (nSPS) is 15.5. The molecule has 0 unspecified atom stereocenters. The molecule has 3 amide bonds. The van der Waals surface area contributed by atoms with Crippen LogP contribution in [0.15, 0.2) is 78.9 Å². The average molecular weight is 739 g/mol. The third-order valence-electron chi connectivity index (χ3n) is 9.06. The van der Waals surface area contributed by atoms with E-state index in [1.807, 2.05) is 78.9 Å². The maximum atomic E-state index is 13.7. The summed E-state index contributed by atoms with van der Waals surface area (Å²) in [7, 11) is -0.469. The molecule has 0 spiro atoms. The lowest BCUT2D eigenvalue weighted by atomic mass is 9.98. The molecule has 53 heavy (non-hydrogen) atoms. The first kappa shape index (κ1) is 38.9. The number of benzene rings is 3. The van der Waals surface area contributed by atoms with E-state index < -0.39 is 70.3 Å². The molecule has 0 radical (unpaired) electrons. The number of esters is 1. The number of nitriles is 1. The lowest BCUT2D eigenvalue weighted by Gasteiger charge is -2.25. The Balaban J connectivity index is 1.27. The molecule has 0 aromatic heterocycles. The van der Waals surface area contributed by atoms with E-state index in [2.05, 4.69) is 22.0 Å². The van der Waals surface area contributed by atoms with Crippen LogP contribution in [-0.2, 0) is 35.1 Å². The molecule has 1 fully saturated rings. The summed E-state index contributed by atoms with van der Waals surface area (Å²) in [5, 5.41) is 17.8. The summed E-state index contributed by atoms with van der Waals surface area (Å²) >= 11 is 0. The molecular weight excluding hydrogens is 693 g/mol. The van der Waals surface area contributed by atoms with Crippen LogP contribution >= 0.6 is 10.5 Å². The van der Waals surface area contributed by atoms with Gasteiger partial charge >= 0.3 is 12.1 Å². The number of hydrogen-bond acceptors (Lipinski definition) is 8. The number of ketones is 1. The van der Waals surface area contributed by atoms with E-state index in [0.717, 1.165) is 52.2 Å². The Labute approximate surface area is 312 Å². The van der Waals surface area contributed by atoms with Crippen molar-refractivity contribution in [2.75, 3.05) is 18.1 Å². The number of amides is 3. The summed E-state index contributed by atoms with van der Waals surface area (Å²) in [6, 6.07) is 23.3. The number of Topliss-reactive ketones (excluding diaryl/α,β-unsaturated/α-hetero) is 1. The summed E-state index contributed by atoms with van der Waals surface area (Å²) in [5.41, 5.74) is 4.07. The summed E-state index contributed by atoms with van der Waals surface area (Å²) in [6.07, 6.45) is 0.580. The van der Waals surface area contributed by atoms with Gasteiger partial charge in [0.15, 0.2) is 0 Å². The second-order valence-electron chi connectivity index (χ2n) is 14.2. The Kier molecular flexibility index (Phi) is 12.9. The Morgan fingerprint density at radius 2 is 1.40 bits per heavy atom. The van der Waals surface area contributed by atoms with Gasteiger partial charge in [-0.15, -0.1) is 0 Å². The maximum Gasteiger partial charge on any atom is 0.407 e. The molecule has 2 aliphatic rings.